The van der Waals surface area contributed by atoms with Gasteiger partial charge >= 0.3 is 0 Å². The van der Waals surface area contributed by atoms with E-state index in [0.717, 1.165) is 12.8 Å². The van der Waals surface area contributed by atoms with Crippen LogP contribution in [0.3, 0.4) is 0 Å². The van der Waals surface area contributed by atoms with Gasteiger partial charge in [0.05, 0.1) is 14.2 Å². The zero-order valence-corrected chi connectivity index (χ0v) is 18.6. The molecule has 8 heteroatoms. The van der Waals surface area contributed by atoms with E-state index < -0.39 is 0 Å². The van der Waals surface area contributed by atoms with Crippen LogP contribution in [0.4, 0.5) is 5.69 Å². The molecule has 2 aromatic rings. The number of piperidine rings is 1. The zero-order chi connectivity index (χ0) is 23.1. The van der Waals surface area contributed by atoms with Crippen LogP contribution in [-0.4, -0.2) is 56.5 Å². The molecule has 0 unspecified atom stereocenters. The Balaban J connectivity index is 1.50. The molecule has 2 aromatic carbocycles. The Morgan fingerprint density at radius 2 is 1.69 bits per heavy atom. The van der Waals surface area contributed by atoms with Gasteiger partial charge < -0.3 is 25.0 Å². The first-order valence-electron chi connectivity index (χ1n) is 10.6. The number of hydrogen-bond donors (Lipinski definition) is 2. The summed E-state index contributed by atoms with van der Waals surface area (Å²) in [5.41, 5.74) is 1.65. The fourth-order valence-corrected chi connectivity index (χ4v) is 3.77. The monoisotopic (exact) mass is 439 g/mol. The molecule has 1 heterocycles. The van der Waals surface area contributed by atoms with Gasteiger partial charge in [0.15, 0.2) is 11.5 Å². The number of anilines is 1. The number of hydrogen-bond acceptors (Lipinski definition) is 5. The number of nitrogens with one attached hydrogen (secondary N) is 2. The van der Waals surface area contributed by atoms with Gasteiger partial charge in [0, 0.05) is 43.4 Å². The Hall–Kier alpha value is -3.55. The van der Waals surface area contributed by atoms with E-state index in [4.69, 9.17) is 9.47 Å². The van der Waals surface area contributed by atoms with Gasteiger partial charge in [-0.3, -0.25) is 14.4 Å². The Morgan fingerprint density at radius 3 is 2.34 bits per heavy atom. The molecular weight excluding hydrogens is 410 g/mol. The molecular formula is C24H29N3O5. The lowest BCUT2D eigenvalue weighted by Gasteiger charge is -2.32. The van der Waals surface area contributed by atoms with Crippen molar-refractivity contribution in [2.75, 3.05) is 39.2 Å². The topological polar surface area (TPSA) is 97.0 Å². The lowest BCUT2D eigenvalue weighted by atomic mass is 9.96. The van der Waals surface area contributed by atoms with Crippen molar-refractivity contribution in [2.45, 2.75) is 19.8 Å². The molecule has 0 spiro atoms. The van der Waals surface area contributed by atoms with Crippen molar-refractivity contribution in [1.29, 1.82) is 0 Å². The second-order valence-electron chi connectivity index (χ2n) is 7.78. The molecule has 0 bridgehead atoms. The number of benzene rings is 2. The van der Waals surface area contributed by atoms with E-state index in [1.54, 1.807) is 56.7 Å². The van der Waals surface area contributed by atoms with Crippen molar-refractivity contribution in [3.05, 3.63) is 53.6 Å². The Morgan fingerprint density at radius 1 is 0.969 bits per heavy atom. The van der Waals surface area contributed by atoms with Crippen molar-refractivity contribution in [3.63, 3.8) is 0 Å². The van der Waals surface area contributed by atoms with Gasteiger partial charge in [-0.25, -0.2) is 0 Å². The number of likely N-dealkylation sites (tertiary alicyclic amines) is 1. The lowest BCUT2D eigenvalue weighted by Crippen LogP contribution is -2.41. The van der Waals surface area contributed by atoms with Crippen molar-refractivity contribution < 1.29 is 23.9 Å². The molecule has 2 N–H and O–H groups in total. The third kappa shape index (κ3) is 5.78. The first kappa shape index (κ1) is 23.1. The maximum absolute atomic E-state index is 12.9. The SMILES string of the molecule is COc1ccc(C(=O)N2CCC(CNC(=O)c3cccc(NC(C)=O)c3)CC2)cc1OC. The highest BCUT2D eigenvalue weighted by Gasteiger charge is 2.25. The molecule has 3 rings (SSSR count). The number of nitrogens with zero attached hydrogens (tertiary/aromatic N) is 1. The highest BCUT2D eigenvalue weighted by Crippen LogP contribution is 2.28. The normalized spacial score (nSPS) is 13.9. The molecule has 1 aliphatic heterocycles. The van der Waals surface area contributed by atoms with E-state index in [1.807, 2.05) is 4.90 Å². The standard InChI is InChI=1S/C24H29N3O5/c1-16(28)26-20-6-4-5-18(13-20)23(29)25-15-17-9-11-27(12-10-17)24(30)19-7-8-21(31-2)22(14-19)32-3/h4-8,13-14,17H,9-12,15H2,1-3H3,(H,25,29)(H,26,28). The van der Waals surface area contributed by atoms with Gasteiger partial charge in [0.2, 0.25) is 5.91 Å². The molecule has 1 saturated heterocycles. The van der Waals surface area contributed by atoms with E-state index >= 15 is 0 Å². The molecule has 0 radical (unpaired) electrons. The van der Waals surface area contributed by atoms with Crippen LogP contribution < -0.4 is 20.1 Å². The quantitative estimate of drug-likeness (QED) is 0.691. The summed E-state index contributed by atoms with van der Waals surface area (Å²) < 4.78 is 10.5. The number of rotatable bonds is 7. The molecule has 170 valence electrons. The first-order valence-corrected chi connectivity index (χ1v) is 10.6. The van der Waals surface area contributed by atoms with Gasteiger partial charge in [0.25, 0.3) is 11.8 Å². The largest absolute Gasteiger partial charge is 0.493 e. The van der Waals surface area contributed by atoms with Crippen molar-refractivity contribution in [1.82, 2.24) is 10.2 Å². The molecule has 0 saturated carbocycles. The summed E-state index contributed by atoms with van der Waals surface area (Å²) in [6, 6.07) is 12.0. The summed E-state index contributed by atoms with van der Waals surface area (Å²) in [5.74, 6) is 1.01. The number of carbonyl (C=O) groups is 3. The second-order valence-corrected chi connectivity index (χ2v) is 7.78. The van der Waals surface area contributed by atoms with Crippen LogP contribution in [0, 0.1) is 5.92 Å². The highest BCUT2D eigenvalue weighted by molar-refractivity contribution is 5.97. The van der Waals surface area contributed by atoms with Gasteiger partial charge in [0.1, 0.15) is 0 Å². The zero-order valence-electron chi connectivity index (χ0n) is 18.6. The average Bonchev–Trinajstić information content (AvgIpc) is 2.81. The molecule has 8 nitrogen and oxygen atoms in total. The van der Waals surface area contributed by atoms with Crippen LogP contribution in [0.15, 0.2) is 42.5 Å². The highest BCUT2D eigenvalue weighted by atomic mass is 16.5. The third-order valence-electron chi connectivity index (χ3n) is 5.53. The minimum Gasteiger partial charge on any atom is -0.493 e. The van der Waals surface area contributed by atoms with Crippen molar-refractivity contribution in [2.24, 2.45) is 5.92 Å². The summed E-state index contributed by atoms with van der Waals surface area (Å²) in [6.45, 7) is 3.23. The van der Waals surface area contributed by atoms with E-state index in [2.05, 4.69) is 10.6 Å². The lowest BCUT2D eigenvalue weighted by molar-refractivity contribution is -0.114. The molecule has 0 atom stereocenters. The van der Waals surface area contributed by atoms with Crippen LogP contribution in [0.5, 0.6) is 11.5 Å². The number of ether oxygens (including phenoxy) is 2. The maximum Gasteiger partial charge on any atom is 0.253 e. The van der Waals surface area contributed by atoms with Gasteiger partial charge in [-0.2, -0.15) is 0 Å². The van der Waals surface area contributed by atoms with Gasteiger partial charge in [-0.1, -0.05) is 6.07 Å². The van der Waals surface area contributed by atoms with Crippen LogP contribution in [0.1, 0.15) is 40.5 Å². The van der Waals surface area contributed by atoms with Gasteiger partial charge in [-0.05, 0) is 55.2 Å². The summed E-state index contributed by atoms with van der Waals surface area (Å²) in [4.78, 5) is 38.4. The fourth-order valence-electron chi connectivity index (χ4n) is 3.77. The maximum atomic E-state index is 12.9. The summed E-state index contributed by atoms with van der Waals surface area (Å²) in [6.07, 6.45) is 1.62. The molecule has 1 fully saturated rings. The minimum atomic E-state index is -0.183. The predicted molar refractivity (Wildman–Crippen MR) is 121 cm³/mol. The smallest absolute Gasteiger partial charge is 0.253 e. The molecule has 3 amide bonds. The van der Waals surface area contributed by atoms with E-state index in [-0.39, 0.29) is 17.7 Å². The molecule has 1 aliphatic rings. The Kier molecular flexibility index (Phi) is 7.70. The predicted octanol–water partition coefficient (Wildman–Crippen LogP) is 2.94. The molecule has 32 heavy (non-hydrogen) atoms. The van der Waals surface area contributed by atoms with Crippen LogP contribution >= 0.6 is 0 Å². The van der Waals surface area contributed by atoms with E-state index in [9.17, 15) is 14.4 Å². The Bertz CT molecular complexity index is 983. The number of carbonyl (C=O) groups excluding carboxylic acids is 3. The van der Waals surface area contributed by atoms with Crippen molar-refractivity contribution in [3.8, 4) is 11.5 Å². The van der Waals surface area contributed by atoms with E-state index in [0.29, 0.717) is 53.9 Å². The third-order valence-corrected chi connectivity index (χ3v) is 5.53. The minimum absolute atomic E-state index is 0.0387. The van der Waals surface area contributed by atoms with Crippen LogP contribution in [0.25, 0.3) is 0 Å². The van der Waals surface area contributed by atoms with E-state index in [1.165, 1.54) is 6.92 Å². The number of amides is 3. The summed E-state index contributed by atoms with van der Waals surface area (Å²) in [5, 5.41) is 5.64. The fraction of sp³-hybridized carbons (Fsp3) is 0.375. The first-order chi connectivity index (χ1) is 15.4. The second kappa shape index (κ2) is 10.7. The molecule has 0 aromatic heterocycles. The summed E-state index contributed by atoms with van der Waals surface area (Å²) in [7, 11) is 3.10. The summed E-state index contributed by atoms with van der Waals surface area (Å²) >= 11 is 0. The molecule has 0 aliphatic carbocycles. The van der Waals surface area contributed by atoms with Crippen LogP contribution in [0.2, 0.25) is 0 Å². The Labute approximate surface area is 187 Å². The average molecular weight is 440 g/mol. The van der Waals surface area contributed by atoms with Gasteiger partial charge in [-0.15, -0.1) is 0 Å². The van der Waals surface area contributed by atoms with Crippen LogP contribution in [-0.2, 0) is 4.79 Å². The van der Waals surface area contributed by atoms with Crippen molar-refractivity contribution >= 4 is 23.4 Å². The number of methoxy groups -OCH3 is 2.